The van der Waals surface area contributed by atoms with E-state index in [9.17, 15) is 0 Å². The van der Waals surface area contributed by atoms with Crippen LogP contribution in [0.15, 0.2) is 30.3 Å². The van der Waals surface area contributed by atoms with Gasteiger partial charge in [0.25, 0.3) is 0 Å². The highest BCUT2D eigenvalue weighted by atomic mass is 15.3. The zero-order chi connectivity index (χ0) is 12.3. The predicted octanol–water partition coefficient (Wildman–Crippen LogP) is 3.55. The SMILES string of the molecule is CCC(C)(CC)c1[nH]nnc1-c1ccccc1. The van der Waals surface area contributed by atoms with E-state index in [1.807, 2.05) is 18.2 Å². The summed E-state index contributed by atoms with van der Waals surface area (Å²) in [5.41, 5.74) is 3.38. The van der Waals surface area contributed by atoms with E-state index in [2.05, 4.69) is 48.3 Å². The Bertz CT molecular complexity index is 469. The van der Waals surface area contributed by atoms with E-state index in [0.717, 1.165) is 29.8 Å². The first-order valence-corrected chi connectivity index (χ1v) is 6.18. The number of nitrogens with one attached hydrogen (secondary N) is 1. The Hall–Kier alpha value is -1.64. The number of H-pyrrole nitrogens is 1. The number of hydrogen-bond acceptors (Lipinski definition) is 2. The number of nitrogens with zero attached hydrogens (tertiary/aromatic N) is 2. The summed E-state index contributed by atoms with van der Waals surface area (Å²) in [6.07, 6.45) is 2.15. The Morgan fingerprint density at radius 1 is 1.12 bits per heavy atom. The average Bonchev–Trinajstić information content (AvgIpc) is 2.88. The maximum atomic E-state index is 4.24. The van der Waals surface area contributed by atoms with Gasteiger partial charge in [-0.15, -0.1) is 5.10 Å². The third-order valence-corrected chi connectivity index (χ3v) is 3.76. The highest BCUT2D eigenvalue weighted by Gasteiger charge is 2.28. The van der Waals surface area contributed by atoms with Crippen LogP contribution < -0.4 is 0 Å². The van der Waals surface area contributed by atoms with Crippen molar-refractivity contribution < 1.29 is 0 Å². The van der Waals surface area contributed by atoms with Gasteiger partial charge in [-0.25, -0.2) is 0 Å². The van der Waals surface area contributed by atoms with Gasteiger partial charge >= 0.3 is 0 Å². The van der Waals surface area contributed by atoms with Crippen molar-refractivity contribution in [3.63, 3.8) is 0 Å². The smallest absolute Gasteiger partial charge is 0.116 e. The Balaban J connectivity index is 2.49. The lowest BCUT2D eigenvalue weighted by Gasteiger charge is -2.25. The fraction of sp³-hybridized carbons (Fsp3) is 0.429. The molecule has 0 spiro atoms. The Kier molecular flexibility index (Phi) is 3.27. The zero-order valence-corrected chi connectivity index (χ0v) is 10.7. The van der Waals surface area contributed by atoms with Gasteiger partial charge in [0.2, 0.25) is 0 Å². The molecule has 0 unspecified atom stereocenters. The minimum atomic E-state index is 0.120. The standard InChI is InChI=1S/C14H19N3/c1-4-14(3,5-2)13-12(15-17-16-13)11-9-7-6-8-10-11/h6-10H,4-5H2,1-3H3,(H,15,16,17). The fourth-order valence-electron chi connectivity index (χ4n) is 2.05. The van der Waals surface area contributed by atoms with Gasteiger partial charge in [-0.3, -0.25) is 5.10 Å². The van der Waals surface area contributed by atoms with Gasteiger partial charge in [-0.1, -0.05) is 56.3 Å². The second-order valence-corrected chi connectivity index (χ2v) is 4.67. The van der Waals surface area contributed by atoms with Crippen molar-refractivity contribution in [3.05, 3.63) is 36.0 Å². The quantitative estimate of drug-likeness (QED) is 0.871. The normalized spacial score (nSPS) is 11.7. The minimum Gasteiger partial charge on any atom is -0.261 e. The molecule has 1 aromatic heterocycles. The lowest BCUT2D eigenvalue weighted by atomic mass is 9.79. The molecule has 0 aliphatic rings. The van der Waals surface area contributed by atoms with Crippen LogP contribution in [0.1, 0.15) is 39.3 Å². The molecule has 0 bridgehead atoms. The molecular formula is C14H19N3. The van der Waals surface area contributed by atoms with Gasteiger partial charge in [0.1, 0.15) is 5.69 Å². The second kappa shape index (κ2) is 4.70. The molecule has 17 heavy (non-hydrogen) atoms. The first-order chi connectivity index (χ1) is 8.21. The predicted molar refractivity (Wildman–Crippen MR) is 69.8 cm³/mol. The topological polar surface area (TPSA) is 41.6 Å². The maximum absolute atomic E-state index is 4.24. The Morgan fingerprint density at radius 3 is 2.35 bits per heavy atom. The van der Waals surface area contributed by atoms with Gasteiger partial charge in [-0.2, -0.15) is 0 Å². The summed E-state index contributed by atoms with van der Waals surface area (Å²) >= 11 is 0. The van der Waals surface area contributed by atoms with Gasteiger partial charge < -0.3 is 0 Å². The number of aromatic amines is 1. The van der Waals surface area contributed by atoms with Gasteiger partial charge in [0.15, 0.2) is 0 Å². The third kappa shape index (κ3) is 2.09. The van der Waals surface area contributed by atoms with Crippen molar-refractivity contribution in [2.45, 2.75) is 39.0 Å². The van der Waals surface area contributed by atoms with Crippen LogP contribution in [-0.2, 0) is 5.41 Å². The van der Waals surface area contributed by atoms with E-state index in [1.54, 1.807) is 0 Å². The molecule has 1 N–H and O–H groups in total. The molecule has 1 aromatic carbocycles. The largest absolute Gasteiger partial charge is 0.261 e. The lowest BCUT2D eigenvalue weighted by Crippen LogP contribution is -2.21. The number of benzene rings is 1. The highest BCUT2D eigenvalue weighted by Crippen LogP contribution is 2.34. The summed E-state index contributed by atoms with van der Waals surface area (Å²) in [6, 6.07) is 10.2. The molecule has 0 atom stereocenters. The van der Waals surface area contributed by atoms with Gasteiger partial charge in [0.05, 0.1) is 5.69 Å². The molecular weight excluding hydrogens is 210 g/mol. The van der Waals surface area contributed by atoms with Gasteiger partial charge in [0, 0.05) is 11.0 Å². The van der Waals surface area contributed by atoms with Crippen molar-refractivity contribution in [1.29, 1.82) is 0 Å². The molecule has 1 heterocycles. The Morgan fingerprint density at radius 2 is 1.76 bits per heavy atom. The summed E-state index contributed by atoms with van der Waals surface area (Å²) in [4.78, 5) is 0. The maximum Gasteiger partial charge on any atom is 0.116 e. The summed E-state index contributed by atoms with van der Waals surface area (Å²) in [5, 5.41) is 11.3. The van der Waals surface area contributed by atoms with Crippen LogP contribution in [0.2, 0.25) is 0 Å². The third-order valence-electron chi connectivity index (χ3n) is 3.76. The van der Waals surface area contributed by atoms with E-state index in [-0.39, 0.29) is 5.41 Å². The van der Waals surface area contributed by atoms with Crippen LogP contribution in [0.25, 0.3) is 11.3 Å². The van der Waals surface area contributed by atoms with Crippen LogP contribution in [-0.4, -0.2) is 15.4 Å². The van der Waals surface area contributed by atoms with Gasteiger partial charge in [-0.05, 0) is 12.8 Å². The molecule has 0 aliphatic carbocycles. The first kappa shape index (κ1) is 11.8. The summed E-state index contributed by atoms with van der Waals surface area (Å²) < 4.78 is 0. The molecule has 90 valence electrons. The van der Waals surface area contributed by atoms with E-state index in [1.165, 1.54) is 0 Å². The average molecular weight is 229 g/mol. The fourth-order valence-corrected chi connectivity index (χ4v) is 2.05. The van der Waals surface area contributed by atoms with Crippen molar-refractivity contribution in [3.8, 4) is 11.3 Å². The molecule has 0 aliphatic heterocycles. The highest BCUT2D eigenvalue weighted by molar-refractivity contribution is 5.62. The molecule has 0 radical (unpaired) electrons. The van der Waals surface area contributed by atoms with Crippen LogP contribution in [0.3, 0.4) is 0 Å². The summed E-state index contributed by atoms with van der Waals surface area (Å²) in [5.74, 6) is 0. The Labute approximate surface area is 102 Å². The number of hydrogen-bond donors (Lipinski definition) is 1. The minimum absolute atomic E-state index is 0.120. The second-order valence-electron chi connectivity index (χ2n) is 4.67. The van der Waals surface area contributed by atoms with E-state index >= 15 is 0 Å². The van der Waals surface area contributed by atoms with Crippen molar-refractivity contribution in [2.75, 3.05) is 0 Å². The molecule has 3 nitrogen and oxygen atoms in total. The zero-order valence-electron chi connectivity index (χ0n) is 10.7. The summed E-state index contributed by atoms with van der Waals surface area (Å²) in [6.45, 7) is 6.67. The molecule has 0 saturated carbocycles. The van der Waals surface area contributed by atoms with Crippen molar-refractivity contribution in [1.82, 2.24) is 15.4 Å². The van der Waals surface area contributed by atoms with Crippen LogP contribution in [0, 0.1) is 0 Å². The lowest BCUT2D eigenvalue weighted by molar-refractivity contribution is 0.426. The van der Waals surface area contributed by atoms with E-state index in [4.69, 9.17) is 0 Å². The van der Waals surface area contributed by atoms with E-state index in [0.29, 0.717) is 0 Å². The number of aromatic nitrogens is 3. The van der Waals surface area contributed by atoms with Crippen LogP contribution >= 0.6 is 0 Å². The molecule has 3 heteroatoms. The van der Waals surface area contributed by atoms with E-state index < -0.39 is 0 Å². The molecule has 2 aromatic rings. The molecule has 2 rings (SSSR count). The molecule has 0 fully saturated rings. The van der Waals surface area contributed by atoms with Crippen LogP contribution in [0.5, 0.6) is 0 Å². The first-order valence-electron chi connectivity index (χ1n) is 6.18. The van der Waals surface area contributed by atoms with Crippen molar-refractivity contribution in [2.24, 2.45) is 0 Å². The molecule has 0 amide bonds. The number of rotatable bonds is 4. The van der Waals surface area contributed by atoms with Crippen molar-refractivity contribution >= 4 is 0 Å². The summed E-state index contributed by atoms with van der Waals surface area (Å²) in [7, 11) is 0. The molecule has 0 saturated heterocycles. The monoisotopic (exact) mass is 229 g/mol. The van der Waals surface area contributed by atoms with Crippen LogP contribution in [0.4, 0.5) is 0 Å².